The Morgan fingerprint density at radius 2 is 0.759 bits per heavy atom. The zero-order valence-corrected chi connectivity index (χ0v) is 85.9. The number of benzene rings is 4. The van der Waals surface area contributed by atoms with Gasteiger partial charge in [-0.25, -0.2) is 24.3 Å². The summed E-state index contributed by atoms with van der Waals surface area (Å²) in [4.78, 5) is 37.7. The van der Waals surface area contributed by atoms with Crippen molar-refractivity contribution in [2.75, 3.05) is 54.9 Å². The second-order valence-electron chi connectivity index (χ2n) is 36.7. The van der Waals surface area contributed by atoms with E-state index in [1.54, 1.807) is 34.5 Å². The van der Waals surface area contributed by atoms with Crippen molar-refractivity contribution in [2.45, 2.75) is 243 Å². The Morgan fingerprint density at radius 1 is 0.444 bits per heavy atom. The zero-order valence-electron chi connectivity index (χ0n) is 80.3. The molecule has 0 aliphatic carbocycles. The van der Waals surface area contributed by atoms with E-state index in [-0.39, 0.29) is 54.4 Å². The number of halogens is 6. The molecular formula is C101H123BBrCl4FN12O12Si. The molecule has 5 aliphatic heterocycles. The van der Waals surface area contributed by atoms with Gasteiger partial charge in [0.2, 0.25) is 0 Å². The molecule has 32 heteroatoms. The lowest BCUT2D eigenvalue weighted by Crippen LogP contribution is -2.41. The van der Waals surface area contributed by atoms with Gasteiger partial charge in [0.15, 0.2) is 8.32 Å². The lowest BCUT2D eigenvalue weighted by atomic mass is 9.79. The predicted molar refractivity (Wildman–Crippen MR) is 532 cm³/mol. The molecule has 0 spiro atoms. The standard InChI is InChI=1S/C23H26ClN3O2.C22H23ClFN3O2.C22H24ClN3O3.C19H34BNO3Si.C15H16BrClN2O2/c1-5-18-11-17(10-14(2)25-18)22-20-8-9-29-15(3)13-27(20)23(26-22)16-6-7-19(24)21(12-16)28-4;1-13-8-16(9-17(11-24)25-13)21-19-6-7-29-14(2)12-27(19)22(26-21)15-4-5-18(23)20(10-15)28-3;1-13-8-16(9-17(12-27)24-13)21-19-6-7-29-14(2)11-26(19)22(25-21)15-4-5-18(23)20(10-15)28-3;1-14-11-15(20-23-18(5,6)19(7,8)24-20)12-16(21-14)13-22-25(9,10)17(2,3)4;1-9-8-19-12(5-6-21-9)14(16)18-15(19)10-3-4-11(17)13(7-10)20-2/h6-7,10-12,15H,5,8-9,13H2,1-4H3;4-5,8-10,14H,6-7,11-12H2,1-3H3;4-5,8-10,14,27H,6-7,11-12H2,1-3H3;11-12H,13H2,1-10H3;3-4,7,9H,5-6,8H2,1-2H3/t15-;2*14-;;9-/m111.1/s1. The number of alkyl halides is 1. The number of ether oxygens (including phenoxy) is 8. The predicted octanol–water partition coefficient (Wildman–Crippen LogP) is 22.3. The van der Waals surface area contributed by atoms with E-state index < -0.39 is 15.0 Å². The van der Waals surface area contributed by atoms with Gasteiger partial charge < -0.3 is 75.0 Å². The van der Waals surface area contributed by atoms with Crippen LogP contribution in [-0.4, -0.2) is 169 Å². The third-order valence-electron chi connectivity index (χ3n) is 25.0. The van der Waals surface area contributed by atoms with Gasteiger partial charge in [0.05, 0.1) is 190 Å². The topological polar surface area (TPSA) is 245 Å². The Hall–Kier alpha value is -8.95. The highest BCUT2D eigenvalue weighted by Crippen LogP contribution is 2.44. The van der Waals surface area contributed by atoms with E-state index in [1.807, 2.05) is 125 Å². The van der Waals surface area contributed by atoms with Crippen molar-refractivity contribution in [3.05, 3.63) is 214 Å². The van der Waals surface area contributed by atoms with Crippen LogP contribution in [0.1, 0.15) is 151 Å². The van der Waals surface area contributed by atoms with Crippen molar-refractivity contribution < 1.29 is 61.1 Å². The maximum Gasteiger partial charge on any atom is 0.494 e. The van der Waals surface area contributed by atoms with Gasteiger partial charge in [0, 0.05) is 110 Å². The first kappa shape index (κ1) is 101. The third-order valence-corrected chi connectivity index (χ3v) is 31.4. The van der Waals surface area contributed by atoms with E-state index in [2.05, 4.69) is 173 Å². The number of hydrogen-bond donors (Lipinski definition) is 1. The summed E-state index contributed by atoms with van der Waals surface area (Å²) in [5.74, 6) is 6.00. The number of nitrogens with zero attached hydrogens (tertiary/aromatic N) is 12. The van der Waals surface area contributed by atoms with Crippen molar-refractivity contribution >= 4 is 83.2 Å². The van der Waals surface area contributed by atoms with Crippen LogP contribution in [0, 0.1) is 27.7 Å². The van der Waals surface area contributed by atoms with E-state index in [0.717, 1.165) is 187 Å². The second kappa shape index (κ2) is 43.6. The van der Waals surface area contributed by atoms with Crippen LogP contribution in [0.25, 0.3) is 79.3 Å². The molecule has 1 fully saturated rings. The normalized spacial score (nSPS) is 17.4. The summed E-state index contributed by atoms with van der Waals surface area (Å²) in [6.45, 7) is 43.2. The average Bonchev–Trinajstić information content (AvgIpc) is 1.63. The van der Waals surface area contributed by atoms with Gasteiger partial charge in [-0.3, -0.25) is 19.9 Å². The van der Waals surface area contributed by atoms with Gasteiger partial charge in [0.1, 0.15) is 57.6 Å². The first-order chi connectivity index (χ1) is 63.2. The molecule has 8 aromatic heterocycles. The maximum absolute atomic E-state index is 13.3. The highest BCUT2D eigenvalue weighted by Gasteiger charge is 2.52. The molecule has 13 heterocycles. The minimum Gasteiger partial charge on any atom is -0.495 e. The van der Waals surface area contributed by atoms with Gasteiger partial charge in [-0.1, -0.05) is 74.1 Å². The van der Waals surface area contributed by atoms with E-state index >= 15 is 0 Å². The summed E-state index contributed by atoms with van der Waals surface area (Å²) in [7, 11) is 4.28. The maximum atomic E-state index is 13.3. The Kier molecular flexibility index (Phi) is 33.3. The molecule has 0 saturated carbocycles. The molecule has 0 bridgehead atoms. The van der Waals surface area contributed by atoms with Crippen LogP contribution in [0.5, 0.6) is 23.0 Å². The average molecular weight is 1980 g/mol. The Bertz CT molecular complexity index is 5730. The van der Waals surface area contributed by atoms with Crippen LogP contribution in [0.2, 0.25) is 38.2 Å². The number of aryl methyl sites for hydroxylation is 5. The molecule has 12 aromatic rings. The summed E-state index contributed by atoms with van der Waals surface area (Å²) in [6.07, 6.45) is 4.48. The first-order valence-electron chi connectivity index (χ1n) is 45.2. The van der Waals surface area contributed by atoms with Crippen molar-refractivity contribution in [3.63, 3.8) is 0 Å². The Labute approximate surface area is 811 Å². The summed E-state index contributed by atoms with van der Waals surface area (Å²) in [5.41, 5.74) is 21.0. The Balaban J connectivity index is 0.000000142. The smallest absolute Gasteiger partial charge is 0.494 e. The molecule has 1 saturated heterocycles. The van der Waals surface area contributed by atoms with E-state index in [1.165, 1.54) is 11.4 Å². The zero-order chi connectivity index (χ0) is 95.9. The van der Waals surface area contributed by atoms with Gasteiger partial charge >= 0.3 is 7.12 Å². The van der Waals surface area contributed by atoms with Crippen LogP contribution < -0.4 is 24.4 Å². The fourth-order valence-electron chi connectivity index (χ4n) is 16.5. The number of imidazole rings is 4. The minimum absolute atomic E-state index is 0.0619. The molecule has 0 unspecified atom stereocenters. The minimum atomic E-state index is -1.80. The summed E-state index contributed by atoms with van der Waals surface area (Å²) in [6, 6.07) is 38.8. The van der Waals surface area contributed by atoms with Crippen LogP contribution in [-0.2, 0) is 111 Å². The molecule has 133 heavy (non-hydrogen) atoms. The molecule has 0 radical (unpaired) electrons. The molecule has 4 aromatic carbocycles. The largest absolute Gasteiger partial charge is 0.495 e. The molecular weight excluding hydrogens is 1850 g/mol. The van der Waals surface area contributed by atoms with Crippen LogP contribution >= 0.6 is 62.3 Å². The van der Waals surface area contributed by atoms with E-state index in [0.29, 0.717) is 94.0 Å². The van der Waals surface area contributed by atoms with Crippen molar-refractivity contribution in [3.8, 4) is 102 Å². The molecule has 4 atom stereocenters. The number of aliphatic hydroxyl groups excluding tert-OH is 1. The fraction of sp³-hybridized carbons (Fsp3) is 0.446. The molecule has 1 N–H and O–H groups in total. The summed E-state index contributed by atoms with van der Waals surface area (Å²) < 4.78 is 86.8. The number of hydrogen-bond acceptors (Lipinski definition) is 20. The molecule has 0 amide bonds. The molecule has 24 nitrogen and oxygen atoms in total. The first-order valence-corrected chi connectivity index (χ1v) is 50.4. The molecule has 708 valence electrons. The highest BCUT2D eigenvalue weighted by molar-refractivity contribution is 9.10. The van der Waals surface area contributed by atoms with Crippen LogP contribution in [0.15, 0.2) is 126 Å². The third kappa shape index (κ3) is 23.8. The monoisotopic (exact) mass is 1970 g/mol. The van der Waals surface area contributed by atoms with E-state index in [4.69, 9.17) is 113 Å². The van der Waals surface area contributed by atoms with Crippen LogP contribution in [0.3, 0.4) is 0 Å². The number of pyridine rings is 4. The number of fused-ring (bicyclic) bond motifs is 4. The lowest BCUT2D eigenvalue weighted by molar-refractivity contribution is 0.00578. The van der Waals surface area contributed by atoms with Crippen molar-refractivity contribution in [1.82, 2.24) is 58.1 Å². The number of methoxy groups -OCH3 is 4. The van der Waals surface area contributed by atoms with Gasteiger partial charge in [-0.2, -0.15) is 0 Å². The second-order valence-corrected chi connectivity index (χ2v) is 43.9. The number of rotatable bonds is 18. The lowest BCUT2D eigenvalue weighted by Gasteiger charge is -2.36. The highest BCUT2D eigenvalue weighted by atomic mass is 79.9. The summed E-state index contributed by atoms with van der Waals surface area (Å²) >= 11 is 28.3. The van der Waals surface area contributed by atoms with Crippen molar-refractivity contribution in [1.29, 1.82) is 0 Å². The SMILES string of the molecule is CCc1cc(-c2nc(-c3ccc(Cl)c(OC)c3)n3c2CCO[C@H](C)C3)cc(C)n1.COc1cc(-c2nc(-c3cc(C)nc(CF)c3)c3n2C[C@@H](C)OCC3)ccc1Cl.COc1cc(-c2nc(-c3cc(C)nc(CO)c3)c3n2C[C@@H](C)OCC3)ccc1Cl.COc1cc(-c2nc(Br)c3n2C[C@@H](C)OCC3)ccc1Cl.Cc1cc(B2OC(C)(C)C(C)(C)O2)cc(CO[Si](C)(C)C(C)(C)C)n1. The number of aromatic nitrogens is 12. The van der Waals surface area contributed by atoms with Gasteiger partial charge in [-0.05, 0) is 250 Å². The van der Waals surface area contributed by atoms with Crippen LogP contribution in [0.4, 0.5) is 4.39 Å². The van der Waals surface area contributed by atoms with Crippen molar-refractivity contribution in [2.24, 2.45) is 0 Å². The quantitative estimate of drug-likeness (QED) is 0.0785. The number of aliphatic hydroxyl groups is 1. The molecule has 17 rings (SSSR count). The molecule has 5 aliphatic rings. The van der Waals surface area contributed by atoms with Gasteiger partial charge in [0.25, 0.3) is 0 Å². The summed E-state index contributed by atoms with van der Waals surface area (Å²) in [5, 5.41) is 12.1. The van der Waals surface area contributed by atoms with Gasteiger partial charge in [-0.15, -0.1) is 0 Å². The fourth-order valence-corrected chi connectivity index (χ4v) is 18.8. The van der Waals surface area contributed by atoms with E-state index in [9.17, 15) is 9.50 Å². The Morgan fingerprint density at radius 3 is 1.11 bits per heavy atom.